The molecule has 26 heavy (non-hydrogen) atoms. The lowest BCUT2D eigenvalue weighted by molar-refractivity contribution is 0.143. The normalized spacial score (nSPS) is 13.2. The Kier molecular flexibility index (Phi) is 6.05. The minimum absolute atomic E-state index is 0.0721. The van der Waals surface area contributed by atoms with Crippen LogP contribution in [0.2, 0.25) is 0 Å². The molecule has 2 aromatic rings. The molecule has 4 nitrogen and oxygen atoms in total. The fraction of sp³-hybridized carbons (Fsp3) is 0.364. The second-order valence-electron chi connectivity index (χ2n) is 6.57. The Morgan fingerprint density at radius 2 is 1.65 bits per heavy atom. The van der Waals surface area contributed by atoms with Gasteiger partial charge in [-0.1, -0.05) is 68.8 Å². The number of amides is 1. The fourth-order valence-corrected chi connectivity index (χ4v) is 3.45. The molecule has 0 aromatic heterocycles. The lowest BCUT2D eigenvalue weighted by Gasteiger charge is -2.14. The number of hydrogen-bond acceptors (Lipinski definition) is 3. The third kappa shape index (κ3) is 3.96. The zero-order valence-electron chi connectivity index (χ0n) is 15.5. The van der Waals surface area contributed by atoms with Crippen LogP contribution in [-0.4, -0.2) is 18.4 Å². The molecule has 1 aliphatic rings. The molecule has 136 valence electrons. The van der Waals surface area contributed by atoms with Gasteiger partial charge in [0.05, 0.1) is 0 Å². The standard InChI is InChI=1S/C22H26N2O2/c1-3-5-10-16(4-2)23-24-22(25)26-15-21-19-13-8-6-11-17(19)18-12-7-9-14-20(18)21/h6-9,11-14,21H,3-5,10,15H2,1-2H3,(H,24,25). The molecule has 0 fully saturated rings. The van der Waals surface area contributed by atoms with Crippen LogP contribution < -0.4 is 5.43 Å². The van der Waals surface area contributed by atoms with Gasteiger partial charge in [-0.2, -0.15) is 5.10 Å². The van der Waals surface area contributed by atoms with Crippen molar-refractivity contribution in [2.75, 3.05) is 6.61 Å². The quantitative estimate of drug-likeness (QED) is 0.531. The van der Waals surface area contributed by atoms with E-state index >= 15 is 0 Å². The molecule has 3 rings (SSSR count). The predicted octanol–water partition coefficient (Wildman–Crippen LogP) is 5.48. The third-order valence-corrected chi connectivity index (χ3v) is 4.88. The van der Waals surface area contributed by atoms with Crippen molar-refractivity contribution in [3.63, 3.8) is 0 Å². The molecule has 2 aromatic carbocycles. The molecule has 0 aliphatic heterocycles. The average Bonchev–Trinajstić information content (AvgIpc) is 3.00. The average molecular weight is 350 g/mol. The van der Waals surface area contributed by atoms with Gasteiger partial charge in [-0.15, -0.1) is 0 Å². The Bertz CT molecular complexity index is 753. The third-order valence-electron chi connectivity index (χ3n) is 4.88. The van der Waals surface area contributed by atoms with E-state index in [-0.39, 0.29) is 5.92 Å². The van der Waals surface area contributed by atoms with E-state index in [1.165, 1.54) is 22.3 Å². The predicted molar refractivity (Wildman–Crippen MR) is 105 cm³/mol. The van der Waals surface area contributed by atoms with Gasteiger partial charge in [0.15, 0.2) is 0 Å². The van der Waals surface area contributed by atoms with E-state index in [0.29, 0.717) is 6.61 Å². The molecular weight excluding hydrogens is 324 g/mol. The first-order valence-corrected chi connectivity index (χ1v) is 9.41. The van der Waals surface area contributed by atoms with Gasteiger partial charge in [-0.05, 0) is 41.5 Å². The number of rotatable bonds is 7. The van der Waals surface area contributed by atoms with Crippen molar-refractivity contribution < 1.29 is 9.53 Å². The fourth-order valence-electron chi connectivity index (χ4n) is 3.45. The minimum atomic E-state index is -0.491. The Hall–Kier alpha value is -2.62. The molecule has 4 heteroatoms. The number of benzene rings is 2. The summed E-state index contributed by atoms with van der Waals surface area (Å²) < 4.78 is 5.48. The van der Waals surface area contributed by atoms with Gasteiger partial charge in [0.1, 0.15) is 6.61 Å². The number of carbonyl (C=O) groups is 1. The van der Waals surface area contributed by atoms with Crippen molar-refractivity contribution in [2.24, 2.45) is 5.10 Å². The molecule has 1 aliphatic carbocycles. The summed E-state index contributed by atoms with van der Waals surface area (Å²) >= 11 is 0. The first-order valence-electron chi connectivity index (χ1n) is 9.41. The van der Waals surface area contributed by atoms with Crippen LogP contribution in [0.4, 0.5) is 4.79 Å². The summed E-state index contributed by atoms with van der Waals surface area (Å²) in [6.07, 6.45) is 3.46. The second kappa shape index (κ2) is 8.65. The second-order valence-corrected chi connectivity index (χ2v) is 6.57. The lowest BCUT2D eigenvalue weighted by atomic mass is 9.98. The lowest BCUT2D eigenvalue weighted by Crippen LogP contribution is -2.23. The smallest absolute Gasteiger partial charge is 0.427 e. The van der Waals surface area contributed by atoms with Gasteiger partial charge in [0.2, 0.25) is 0 Å². The molecule has 0 unspecified atom stereocenters. The van der Waals surface area contributed by atoms with Gasteiger partial charge >= 0.3 is 6.09 Å². The summed E-state index contributed by atoms with van der Waals surface area (Å²) in [5, 5.41) is 4.21. The monoisotopic (exact) mass is 350 g/mol. The Balaban J connectivity index is 1.65. The molecule has 0 heterocycles. The molecular formula is C22H26N2O2. The number of ether oxygens (including phenoxy) is 1. The van der Waals surface area contributed by atoms with Gasteiger partial charge < -0.3 is 4.74 Å². The van der Waals surface area contributed by atoms with Crippen molar-refractivity contribution >= 4 is 11.8 Å². The number of hydrazone groups is 1. The molecule has 0 spiro atoms. The van der Waals surface area contributed by atoms with E-state index < -0.39 is 6.09 Å². The summed E-state index contributed by atoms with van der Waals surface area (Å²) in [7, 11) is 0. The first-order chi connectivity index (χ1) is 12.7. The maximum absolute atomic E-state index is 12.1. The number of carbonyl (C=O) groups excluding carboxylic acids is 1. The minimum Gasteiger partial charge on any atom is -0.447 e. The van der Waals surface area contributed by atoms with Crippen LogP contribution in [0, 0.1) is 0 Å². The van der Waals surface area contributed by atoms with E-state index in [0.717, 1.165) is 31.4 Å². The van der Waals surface area contributed by atoms with Crippen molar-refractivity contribution in [1.82, 2.24) is 5.43 Å². The highest BCUT2D eigenvalue weighted by Gasteiger charge is 2.28. The van der Waals surface area contributed by atoms with Crippen LogP contribution in [-0.2, 0) is 4.74 Å². The highest BCUT2D eigenvalue weighted by Crippen LogP contribution is 2.44. The highest BCUT2D eigenvalue weighted by atomic mass is 16.6. The van der Waals surface area contributed by atoms with Gasteiger partial charge in [-0.3, -0.25) is 0 Å². The summed E-state index contributed by atoms with van der Waals surface area (Å²) in [5.41, 5.74) is 8.41. The summed E-state index contributed by atoms with van der Waals surface area (Å²) in [5.74, 6) is 0.0721. The van der Waals surface area contributed by atoms with Crippen LogP contribution in [0.5, 0.6) is 0 Å². The first kappa shape index (κ1) is 18.2. The van der Waals surface area contributed by atoms with E-state index in [4.69, 9.17) is 4.74 Å². The molecule has 0 saturated carbocycles. The van der Waals surface area contributed by atoms with E-state index in [2.05, 4.69) is 41.7 Å². The van der Waals surface area contributed by atoms with E-state index in [1.54, 1.807) is 0 Å². The Morgan fingerprint density at radius 3 is 2.23 bits per heavy atom. The zero-order valence-corrected chi connectivity index (χ0v) is 15.5. The van der Waals surface area contributed by atoms with Gasteiger partial charge in [-0.25, -0.2) is 10.2 Å². The number of fused-ring (bicyclic) bond motifs is 3. The number of nitrogens with zero attached hydrogens (tertiary/aromatic N) is 1. The van der Waals surface area contributed by atoms with Crippen LogP contribution >= 0.6 is 0 Å². The topological polar surface area (TPSA) is 50.7 Å². The zero-order chi connectivity index (χ0) is 18.4. The van der Waals surface area contributed by atoms with E-state index in [1.807, 2.05) is 31.2 Å². The molecule has 1 N–H and O–H groups in total. The largest absolute Gasteiger partial charge is 0.447 e. The summed E-state index contributed by atoms with van der Waals surface area (Å²) in [6.45, 7) is 4.51. The van der Waals surface area contributed by atoms with Crippen LogP contribution in [0.25, 0.3) is 11.1 Å². The van der Waals surface area contributed by atoms with Crippen LogP contribution in [0.15, 0.2) is 53.6 Å². The molecule has 0 atom stereocenters. The van der Waals surface area contributed by atoms with Crippen LogP contribution in [0.3, 0.4) is 0 Å². The molecule has 0 saturated heterocycles. The molecule has 0 radical (unpaired) electrons. The molecule has 1 amide bonds. The maximum Gasteiger partial charge on any atom is 0.427 e. The van der Waals surface area contributed by atoms with Gasteiger partial charge in [0.25, 0.3) is 0 Å². The van der Waals surface area contributed by atoms with Crippen LogP contribution in [0.1, 0.15) is 56.6 Å². The van der Waals surface area contributed by atoms with Crippen molar-refractivity contribution in [2.45, 2.75) is 45.4 Å². The van der Waals surface area contributed by atoms with Crippen molar-refractivity contribution in [3.05, 3.63) is 59.7 Å². The summed E-state index contributed by atoms with van der Waals surface area (Å²) in [4.78, 5) is 12.1. The number of hydrogen-bond donors (Lipinski definition) is 1. The Morgan fingerprint density at radius 1 is 1.04 bits per heavy atom. The SMILES string of the molecule is CCCCC(CC)=NNC(=O)OCC1c2ccccc2-c2ccccc21. The van der Waals surface area contributed by atoms with Gasteiger partial charge in [0, 0.05) is 11.6 Å². The van der Waals surface area contributed by atoms with Crippen molar-refractivity contribution in [1.29, 1.82) is 0 Å². The Labute approximate surface area is 155 Å². The number of unbranched alkanes of at least 4 members (excludes halogenated alkanes) is 1. The number of nitrogens with one attached hydrogen (secondary N) is 1. The maximum atomic E-state index is 12.1. The summed E-state index contributed by atoms with van der Waals surface area (Å²) in [6, 6.07) is 16.6. The van der Waals surface area contributed by atoms with E-state index in [9.17, 15) is 4.79 Å². The highest BCUT2D eigenvalue weighted by molar-refractivity contribution is 5.85. The molecule has 0 bridgehead atoms. The van der Waals surface area contributed by atoms with Crippen molar-refractivity contribution in [3.8, 4) is 11.1 Å².